The van der Waals surface area contributed by atoms with Crippen molar-refractivity contribution in [3.05, 3.63) is 36.0 Å². The number of carbonyl (C=O) groups is 1. The summed E-state index contributed by atoms with van der Waals surface area (Å²) in [6, 6.07) is 6.17. The second-order valence-electron chi connectivity index (χ2n) is 6.65. The van der Waals surface area contributed by atoms with E-state index >= 15 is 0 Å². The first-order chi connectivity index (χ1) is 13.8. The van der Waals surface area contributed by atoms with Gasteiger partial charge in [0.05, 0.1) is 11.4 Å². The van der Waals surface area contributed by atoms with Gasteiger partial charge in [-0.2, -0.15) is 18.2 Å². The van der Waals surface area contributed by atoms with Gasteiger partial charge in [0, 0.05) is 25.3 Å². The fraction of sp³-hybridized carbons (Fsp3) is 0.389. The maximum absolute atomic E-state index is 13.4. The number of rotatable bonds is 5. The lowest BCUT2D eigenvalue weighted by Gasteiger charge is -2.32. The third-order valence-corrected chi connectivity index (χ3v) is 4.55. The highest BCUT2D eigenvalue weighted by molar-refractivity contribution is 5.77. The molecule has 0 aliphatic carbocycles. The molecule has 156 valence electrons. The number of anilines is 4. The van der Waals surface area contributed by atoms with Gasteiger partial charge in [0.1, 0.15) is 18.0 Å². The Bertz CT molecular complexity index is 877. The first-order valence-electron chi connectivity index (χ1n) is 8.99. The largest absolute Gasteiger partial charge is 0.421 e. The number of benzene rings is 1. The van der Waals surface area contributed by atoms with Crippen molar-refractivity contribution >= 4 is 29.0 Å². The van der Waals surface area contributed by atoms with E-state index in [0.717, 1.165) is 0 Å². The molecule has 8 nitrogen and oxygen atoms in total. The van der Waals surface area contributed by atoms with Crippen LogP contribution in [0.15, 0.2) is 30.5 Å². The topological polar surface area (TPSA) is 116 Å². The van der Waals surface area contributed by atoms with Crippen LogP contribution in [0.2, 0.25) is 0 Å². The van der Waals surface area contributed by atoms with Gasteiger partial charge in [0.15, 0.2) is 0 Å². The molecule has 3 rings (SSSR count). The summed E-state index contributed by atoms with van der Waals surface area (Å²) in [6.07, 6.45) is -2.57. The number of amides is 1. The van der Waals surface area contributed by atoms with Crippen molar-refractivity contribution in [1.29, 1.82) is 0 Å². The molecule has 5 N–H and O–H groups in total. The van der Waals surface area contributed by atoms with Gasteiger partial charge in [0.2, 0.25) is 11.9 Å². The molecule has 1 atom stereocenters. The second kappa shape index (κ2) is 8.52. The summed E-state index contributed by atoms with van der Waals surface area (Å²) in [4.78, 5) is 21.0. The Kier molecular flexibility index (Phi) is 6.06. The Morgan fingerprint density at radius 2 is 2.10 bits per heavy atom. The number of aromatic nitrogens is 2. The second-order valence-corrected chi connectivity index (χ2v) is 6.65. The lowest BCUT2D eigenvalue weighted by Crippen LogP contribution is -2.46. The maximum atomic E-state index is 13.4. The molecule has 0 saturated carbocycles. The minimum Gasteiger partial charge on any atom is -0.397 e. The average molecular weight is 410 g/mol. The van der Waals surface area contributed by atoms with Crippen molar-refractivity contribution in [2.24, 2.45) is 0 Å². The Balaban J connectivity index is 1.83. The number of nitrogens with two attached hydrogens (primary N) is 1. The zero-order chi connectivity index (χ0) is 21.0. The summed E-state index contributed by atoms with van der Waals surface area (Å²) < 4.78 is 40.1. The summed E-state index contributed by atoms with van der Waals surface area (Å²) >= 11 is 0. The molecule has 1 aliphatic heterocycles. The Labute approximate surface area is 164 Å². The van der Waals surface area contributed by atoms with Gasteiger partial charge in [-0.1, -0.05) is 12.1 Å². The van der Waals surface area contributed by atoms with Crippen molar-refractivity contribution in [3.63, 3.8) is 0 Å². The van der Waals surface area contributed by atoms with Crippen molar-refractivity contribution in [3.8, 4) is 0 Å². The molecule has 1 amide bonds. The predicted octanol–water partition coefficient (Wildman–Crippen LogP) is 2.22. The zero-order valence-corrected chi connectivity index (χ0v) is 15.4. The van der Waals surface area contributed by atoms with Gasteiger partial charge in [-0.3, -0.25) is 4.79 Å². The molecule has 1 aromatic heterocycles. The van der Waals surface area contributed by atoms with E-state index in [1.54, 1.807) is 24.3 Å². The van der Waals surface area contributed by atoms with Crippen LogP contribution in [0.25, 0.3) is 0 Å². The average Bonchev–Trinajstić information content (AvgIpc) is 2.68. The molecular weight excluding hydrogens is 389 g/mol. The molecule has 1 saturated heterocycles. The first-order valence-corrected chi connectivity index (χ1v) is 8.99. The van der Waals surface area contributed by atoms with Crippen LogP contribution < -0.4 is 16.4 Å². The molecule has 0 unspecified atom stereocenters. The summed E-state index contributed by atoms with van der Waals surface area (Å²) in [7, 11) is 0. The van der Waals surface area contributed by atoms with Gasteiger partial charge in [-0.15, -0.1) is 0 Å². The van der Waals surface area contributed by atoms with Crippen molar-refractivity contribution in [2.45, 2.75) is 25.1 Å². The SMILES string of the molecule is Nc1ccccc1Nc1nc(N[C@H]2CCCN(C(=O)CO)C2)ncc1C(F)(F)F. The number of piperidine rings is 1. The number of alkyl halides is 3. The molecule has 0 bridgehead atoms. The van der Waals surface area contributed by atoms with E-state index in [9.17, 15) is 18.0 Å². The Hall–Kier alpha value is -3.08. The molecule has 1 fully saturated rings. The van der Waals surface area contributed by atoms with Gasteiger partial charge >= 0.3 is 6.18 Å². The first kappa shape index (κ1) is 20.6. The molecule has 0 spiro atoms. The van der Waals surface area contributed by atoms with Crippen LogP contribution >= 0.6 is 0 Å². The molecule has 2 heterocycles. The fourth-order valence-corrected chi connectivity index (χ4v) is 3.10. The number of nitrogens with one attached hydrogen (secondary N) is 2. The van der Waals surface area contributed by atoms with Gasteiger partial charge in [0.25, 0.3) is 0 Å². The minimum absolute atomic E-state index is 0.00157. The van der Waals surface area contributed by atoms with E-state index in [4.69, 9.17) is 10.8 Å². The molecule has 2 aromatic rings. The van der Waals surface area contributed by atoms with Gasteiger partial charge < -0.3 is 26.4 Å². The molecule has 1 aromatic carbocycles. The highest BCUT2D eigenvalue weighted by atomic mass is 19.4. The minimum atomic E-state index is -4.65. The maximum Gasteiger partial charge on any atom is 0.421 e. The highest BCUT2D eigenvalue weighted by Crippen LogP contribution is 2.36. The number of likely N-dealkylation sites (tertiary alicyclic amines) is 1. The van der Waals surface area contributed by atoms with Crippen LogP contribution in [0.1, 0.15) is 18.4 Å². The summed E-state index contributed by atoms with van der Waals surface area (Å²) in [5.74, 6) is -0.822. The van der Waals surface area contributed by atoms with E-state index in [-0.39, 0.29) is 17.7 Å². The summed E-state index contributed by atoms with van der Waals surface area (Å²) in [6.45, 7) is 0.236. The lowest BCUT2D eigenvalue weighted by molar-refractivity contribution is -0.137. The summed E-state index contributed by atoms with van der Waals surface area (Å²) in [5, 5.41) is 14.6. The number of hydrogen-bond donors (Lipinski definition) is 4. The third-order valence-electron chi connectivity index (χ3n) is 4.55. The van der Waals surface area contributed by atoms with Gasteiger partial charge in [-0.25, -0.2) is 4.98 Å². The molecule has 29 heavy (non-hydrogen) atoms. The van der Waals surface area contributed by atoms with Crippen molar-refractivity contribution < 1.29 is 23.1 Å². The van der Waals surface area contributed by atoms with Crippen LogP contribution in [0, 0.1) is 0 Å². The van der Waals surface area contributed by atoms with Crippen LogP contribution in [-0.4, -0.2) is 51.6 Å². The number of nitrogen functional groups attached to an aromatic ring is 1. The predicted molar refractivity (Wildman–Crippen MR) is 101 cm³/mol. The molecule has 1 aliphatic rings. The van der Waals surface area contributed by atoms with Crippen LogP contribution in [0.4, 0.5) is 36.3 Å². The molecule has 0 radical (unpaired) electrons. The standard InChI is InChI=1S/C18H21F3N6O2/c19-18(20,21)12-8-23-17(24-11-4-3-7-27(9-11)15(29)10-28)26-16(12)25-14-6-2-1-5-13(14)22/h1-2,5-6,8,11,28H,3-4,7,9-10,22H2,(H2,23,24,25,26)/t11-/m0/s1. The number of aliphatic hydroxyl groups excluding tert-OH is 1. The normalized spacial score (nSPS) is 17.1. The number of aliphatic hydroxyl groups is 1. The van der Waals surface area contributed by atoms with Crippen molar-refractivity contribution in [2.75, 3.05) is 36.1 Å². The van der Waals surface area contributed by atoms with Crippen molar-refractivity contribution in [1.82, 2.24) is 14.9 Å². The summed E-state index contributed by atoms with van der Waals surface area (Å²) in [5.41, 5.74) is 5.36. The number of halogens is 3. The molecular formula is C18H21F3N6O2. The third kappa shape index (κ3) is 5.05. The van der Waals surface area contributed by atoms with E-state index in [0.29, 0.717) is 37.8 Å². The Morgan fingerprint density at radius 1 is 1.34 bits per heavy atom. The smallest absolute Gasteiger partial charge is 0.397 e. The number of carbonyl (C=O) groups excluding carboxylic acids is 1. The quantitative estimate of drug-likeness (QED) is 0.559. The van der Waals surface area contributed by atoms with E-state index < -0.39 is 30.1 Å². The monoisotopic (exact) mass is 410 g/mol. The number of para-hydroxylation sites is 2. The van der Waals surface area contributed by atoms with E-state index in [1.165, 1.54) is 4.90 Å². The van der Waals surface area contributed by atoms with E-state index in [2.05, 4.69) is 20.6 Å². The highest BCUT2D eigenvalue weighted by Gasteiger charge is 2.35. The Morgan fingerprint density at radius 3 is 2.79 bits per heavy atom. The molecule has 11 heteroatoms. The lowest BCUT2D eigenvalue weighted by atomic mass is 10.1. The van der Waals surface area contributed by atoms with Crippen LogP contribution in [-0.2, 0) is 11.0 Å². The number of hydrogen-bond acceptors (Lipinski definition) is 7. The number of nitrogens with zero attached hydrogens (tertiary/aromatic N) is 3. The van der Waals surface area contributed by atoms with Gasteiger partial charge in [-0.05, 0) is 25.0 Å². The fourth-order valence-electron chi connectivity index (χ4n) is 3.10. The van der Waals surface area contributed by atoms with Crippen LogP contribution in [0.5, 0.6) is 0 Å². The van der Waals surface area contributed by atoms with Crippen LogP contribution in [0.3, 0.4) is 0 Å². The zero-order valence-electron chi connectivity index (χ0n) is 15.4. The van der Waals surface area contributed by atoms with E-state index in [1.807, 2.05) is 0 Å².